The Morgan fingerprint density at radius 2 is 0.980 bits per heavy atom. The summed E-state index contributed by atoms with van der Waals surface area (Å²) in [6.45, 7) is 0. The third kappa shape index (κ3) is 14.7. The van der Waals surface area contributed by atoms with E-state index < -0.39 is 40.8 Å². The standard InChI is InChI=1S/C9H4F6O.2C8H7ClO2.C8H5F3O/c10-8(11,12)6-1-5(4-16)2-7(3-6)9(13,14)15;1-11-8-3-6(5-10)2-7(9)4-8;1-11-7-3-2-6(5-10)8(9)4-7;9-8(10,11)7-3-1-2-6(4-7)5-12/h1-4H;2*2-5H,1H3;1-5H. The van der Waals surface area contributed by atoms with E-state index in [0.29, 0.717) is 57.4 Å². The minimum absolute atomic E-state index is 0.0322. The second-order valence-electron chi connectivity index (χ2n) is 9.25. The predicted molar refractivity (Wildman–Crippen MR) is 165 cm³/mol. The van der Waals surface area contributed by atoms with Crippen molar-refractivity contribution in [3.05, 3.63) is 128 Å². The quantitative estimate of drug-likeness (QED) is 0.144. The number of halogens is 11. The lowest BCUT2D eigenvalue weighted by Gasteiger charge is -2.12. The molecule has 0 spiro atoms. The number of aldehydes is 4. The second kappa shape index (κ2) is 19.3. The number of carbonyl (C=O) groups is 4. The van der Waals surface area contributed by atoms with Gasteiger partial charge < -0.3 is 9.47 Å². The van der Waals surface area contributed by atoms with Crippen LogP contribution in [0, 0.1) is 0 Å². The summed E-state index contributed by atoms with van der Waals surface area (Å²) in [7, 11) is 3.08. The molecular weight excluding hydrogens is 734 g/mol. The van der Waals surface area contributed by atoms with E-state index in [1.165, 1.54) is 19.2 Å². The lowest BCUT2D eigenvalue weighted by atomic mass is 10.1. The predicted octanol–water partition coefficient (Wildman–Crippen LogP) is 10.4. The third-order valence-electron chi connectivity index (χ3n) is 5.70. The van der Waals surface area contributed by atoms with Gasteiger partial charge >= 0.3 is 18.5 Å². The Morgan fingerprint density at radius 3 is 1.40 bits per heavy atom. The number of hydrogen-bond donors (Lipinski definition) is 0. The van der Waals surface area contributed by atoms with Gasteiger partial charge in [-0.1, -0.05) is 35.3 Å². The van der Waals surface area contributed by atoms with Gasteiger partial charge in [0.2, 0.25) is 0 Å². The molecule has 50 heavy (non-hydrogen) atoms. The molecule has 0 atom stereocenters. The number of hydrogen-bond acceptors (Lipinski definition) is 6. The van der Waals surface area contributed by atoms with Gasteiger partial charge in [-0.3, -0.25) is 19.2 Å². The molecule has 0 aromatic heterocycles. The minimum atomic E-state index is -4.92. The molecule has 0 amide bonds. The Kier molecular flexibility index (Phi) is 16.7. The third-order valence-corrected chi connectivity index (χ3v) is 6.24. The largest absolute Gasteiger partial charge is 0.497 e. The summed E-state index contributed by atoms with van der Waals surface area (Å²) in [4.78, 5) is 41.0. The number of benzene rings is 4. The Bertz CT molecular complexity index is 1720. The van der Waals surface area contributed by atoms with Crippen LogP contribution in [0.15, 0.2) is 78.9 Å². The molecule has 0 fully saturated rings. The van der Waals surface area contributed by atoms with Crippen molar-refractivity contribution in [1.82, 2.24) is 0 Å². The van der Waals surface area contributed by atoms with Crippen molar-refractivity contribution < 1.29 is 68.2 Å². The summed E-state index contributed by atoms with van der Waals surface area (Å²) in [6, 6.07) is 14.7. The van der Waals surface area contributed by atoms with Gasteiger partial charge in [0.15, 0.2) is 6.29 Å². The normalized spacial score (nSPS) is 10.8. The summed E-state index contributed by atoms with van der Waals surface area (Å²) >= 11 is 11.4. The maximum absolute atomic E-state index is 12.2. The van der Waals surface area contributed by atoms with E-state index >= 15 is 0 Å². The Labute approximate surface area is 288 Å². The van der Waals surface area contributed by atoms with Gasteiger partial charge in [-0.05, 0) is 66.7 Å². The summed E-state index contributed by atoms with van der Waals surface area (Å²) in [5, 5.41) is 0.922. The van der Waals surface area contributed by atoms with Crippen molar-refractivity contribution in [3.8, 4) is 11.5 Å². The molecule has 0 heterocycles. The van der Waals surface area contributed by atoms with Crippen LogP contribution in [0.4, 0.5) is 39.5 Å². The van der Waals surface area contributed by atoms with Gasteiger partial charge in [0.05, 0.1) is 35.9 Å². The van der Waals surface area contributed by atoms with E-state index in [1.54, 1.807) is 43.5 Å². The first-order valence-corrected chi connectivity index (χ1v) is 13.9. The van der Waals surface area contributed by atoms with Crippen LogP contribution in [-0.4, -0.2) is 39.4 Å². The second-order valence-corrected chi connectivity index (χ2v) is 10.1. The molecule has 4 rings (SSSR count). The van der Waals surface area contributed by atoms with Gasteiger partial charge in [-0.2, -0.15) is 39.5 Å². The number of methoxy groups -OCH3 is 2. The molecular formula is C33H23Cl2F9O6. The molecule has 0 bridgehead atoms. The van der Waals surface area contributed by atoms with Gasteiger partial charge in [0.25, 0.3) is 0 Å². The molecule has 0 N–H and O–H groups in total. The SMILES string of the molecule is COc1cc(Cl)cc(C=O)c1.COc1ccc(C=O)c(Cl)c1.O=Cc1cc(C(F)(F)F)cc(C(F)(F)F)c1.O=Cc1cccc(C(F)(F)F)c1. The summed E-state index contributed by atoms with van der Waals surface area (Å²) in [5.41, 5.74) is -3.42. The highest BCUT2D eigenvalue weighted by Gasteiger charge is 2.36. The number of carbonyl (C=O) groups excluding carboxylic acids is 4. The van der Waals surface area contributed by atoms with E-state index in [1.807, 2.05) is 0 Å². The van der Waals surface area contributed by atoms with Crippen LogP contribution in [0.3, 0.4) is 0 Å². The van der Waals surface area contributed by atoms with Crippen molar-refractivity contribution in [2.45, 2.75) is 18.5 Å². The summed E-state index contributed by atoms with van der Waals surface area (Å²) < 4.78 is 119. The van der Waals surface area contributed by atoms with Crippen molar-refractivity contribution in [3.63, 3.8) is 0 Å². The number of alkyl halides is 9. The highest BCUT2D eigenvalue weighted by atomic mass is 35.5. The molecule has 0 saturated carbocycles. The molecule has 0 aliphatic rings. The van der Waals surface area contributed by atoms with Crippen LogP contribution in [0.5, 0.6) is 11.5 Å². The average molecular weight is 757 g/mol. The van der Waals surface area contributed by atoms with E-state index in [2.05, 4.69) is 0 Å². The first-order chi connectivity index (χ1) is 23.2. The fraction of sp³-hybridized carbons (Fsp3) is 0.152. The van der Waals surface area contributed by atoms with Crippen LogP contribution >= 0.6 is 23.2 Å². The van der Waals surface area contributed by atoms with Crippen molar-refractivity contribution >= 4 is 48.3 Å². The molecule has 4 aromatic rings. The van der Waals surface area contributed by atoms with Gasteiger partial charge in [0.1, 0.15) is 30.4 Å². The minimum Gasteiger partial charge on any atom is -0.497 e. The van der Waals surface area contributed by atoms with Gasteiger partial charge in [-0.25, -0.2) is 0 Å². The fourth-order valence-electron chi connectivity index (χ4n) is 3.34. The van der Waals surface area contributed by atoms with Crippen LogP contribution < -0.4 is 9.47 Å². The topological polar surface area (TPSA) is 86.7 Å². The lowest BCUT2D eigenvalue weighted by molar-refractivity contribution is -0.143. The van der Waals surface area contributed by atoms with E-state index in [0.717, 1.165) is 18.4 Å². The smallest absolute Gasteiger partial charge is 0.416 e. The molecule has 268 valence electrons. The zero-order valence-corrected chi connectivity index (χ0v) is 26.9. The molecule has 17 heteroatoms. The first-order valence-electron chi connectivity index (χ1n) is 13.2. The van der Waals surface area contributed by atoms with Crippen LogP contribution in [-0.2, 0) is 18.5 Å². The summed E-state index contributed by atoms with van der Waals surface area (Å²) in [6.07, 6.45) is -12.5. The Morgan fingerprint density at radius 1 is 0.500 bits per heavy atom. The number of rotatable bonds is 6. The average Bonchev–Trinajstić information content (AvgIpc) is 3.07. The van der Waals surface area contributed by atoms with Gasteiger partial charge in [0, 0.05) is 27.3 Å². The highest BCUT2D eigenvalue weighted by Crippen LogP contribution is 2.36. The highest BCUT2D eigenvalue weighted by molar-refractivity contribution is 6.33. The molecule has 6 nitrogen and oxygen atoms in total. The Hall–Kier alpha value is -4.89. The molecule has 0 radical (unpaired) electrons. The van der Waals surface area contributed by atoms with E-state index in [-0.39, 0.29) is 17.9 Å². The fourth-order valence-corrected chi connectivity index (χ4v) is 3.78. The maximum atomic E-state index is 12.2. The number of ether oxygens (including phenoxy) is 2. The zero-order chi connectivity index (χ0) is 38.3. The van der Waals surface area contributed by atoms with Crippen molar-refractivity contribution in [1.29, 1.82) is 0 Å². The van der Waals surface area contributed by atoms with E-state index in [9.17, 15) is 58.7 Å². The molecule has 0 saturated heterocycles. The lowest BCUT2D eigenvalue weighted by Crippen LogP contribution is -2.11. The van der Waals surface area contributed by atoms with Gasteiger partial charge in [-0.15, -0.1) is 0 Å². The maximum Gasteiger partial charge on any atom is 0.416 e. The molecule has 0 aliphatic carbocycles. The van der Waals surface area contributed by atoms with Crippen molar-refractivity contribution in [2.24, 2.45) is 0 Å². The Balaban J connectivity index is 0.000000338. The monoisotopic (exact) mass is 756 g/mol. The van der Waals surface area contributed by atoms with E-state index in [4.69, 9.17) is 32.7 Å². The zero-order valence-electron chi connectivity index (χ0n) is 25.4. The van der Waals surface area contributed by atoms with Crippen LogP contribution in [0.2, 0.25) is 10.0 Å². The molecule has 4 aromatic carbocycles. The molecule has 0 aliphatic heterocycles. The molecule has 0 unspecified atom stereocenters. The van der Waals surface area contributed by atoms with Crippen molar-refractivity contribution in [2.75, 3.05) is 14.2 Å². The van der Waals surface area contributed by atoms with Crippen LogP contribution in [0.25, 0.3) is 0 Å². The first kappa shape index (κ1) is 43.1. The van der Waals surface area contributed by atoms with Crippen LogP contribution in [0.1, 0.15) is 58.1 Å². The summed E-state index contributed by atoms with van der Waals surface area (Å²) in [5.74, 6) is 1.25.